The second kappa shape index (κ2) is 6.56. The summed E-state index contributed by atoms with van der Waals surface area (Å²) in [5, 5.41) is 10.0. The molecule has 0 aliphatic heterocycles. The normalized spacial score (nSPS) is 12.2. The lowest BCUT2D eigenvalue weighted by Gasteiger charge is -2.36. The predicted octanol–water partition coefficient (Wildman–Crippen LogP) is -1.70. The molecule has 0 bridgehead atoms. The highest BCUT2D eigenvalue weighted by Gasteiger charge is 2.22. The molecule has 0 saturated heterocycles. The topological polar surface area (TPSA) is 48.1 Å². The van der Waals surface area contributed by atoms with Crippen LogP contribution in [0.1, 0.15) is 20.8 Å². The van der Waals surface area contributed by atoms with E-state index in [1.54, 1.807) is 0 Å². The molecule has 4 N–H and O–H groups in total. The Balaban J connectivity index is 4.06. The molecule has 0 saturated carbocycles. The van der Waals surface area contributed by atoms with Gasteiger partial charge in [-0.05, 0) is 19.6 Å². The zero-order chi connectivity index (χ0) is 9.45. The molecular weight excluding hydrogens is 168 g/mol. The van der Waals surface area contributed by atoms with Crippen LogP contribution in [0.15, 0.2) is 0 Å². The molecule has 0 radical (unpaired) electrons. The molecule has 12 heavy (non-hydrogen) atoms. The largest absolute Gasteiger partial charge is 0.304 e. The van der Waals surface area contributed by atoms with Crippen LogP contribution in [0.2, 0.25) is 0 Å². The lowest BCUT2D eigenvalue weighted by atomic mass is 10.5. The molecule has 0 unspecified atom stereocenters. The highest BCUT2D eigenvalue weighted by atomic mass is 28.2. The van der Waals surface area contributed by atoms with Gasteiger partial charge in [-0.1, -0.05) is 20.8 Å². The molecule has 0 amide bonds. The summed E-state index contributed by atoms with van der Waals surface area (Å²) in [4.78, 5) is 3.32. The first-order valence-corrected chi connectivity index (χ1v) is 5.68. The summed E-state index contributed by atoms with van der Waals surface area (Å²) >= 11 is 0. The molecule has 0 aromatic carbocycles. The van der Waals surface area contributed by atoms with E-state index >= 15 is 0 Å². The molecule has 0 aromatic heterocycles. The van der Waals surface area contributed by atoms with Gasteiger partial charge in [0.25, 0.3) is 0 Å². The van der Waals surface area contributed by atoms with Gasteiger partial charge >= 0.3 is 0 Å². The van der Waals surface area contributed by atoms with Crippen molar-refractivity contribution in [3.8, 4) is 0 Å². The standard InChI is InChI=1S/C7H22N4Si/c1-4-8-7(11-12,9-5-2)10-6-3/h8-11H,4-6H2,1-3,12H3. The first-order valence-electron chi connectivity index (χ1n) is 4.68. The lowest BCUT2D eigenvalue weighted by molar-refractivity contribution is 0.193. The SMILES string of the molecule is CCNC(N[SiH3])(NCC)NCC. The van der Waals surface area contributed by atoms with Crippen LogP contribution in [-0.2, 0) is 0 Å². The fourth-order valence-electron chi connectivity index (χ4n) is 1.25. The minimum Gasteiger partial charge on any atom is -0.304 e. The van der Waals surface area contributed by atoms with Gasteiger partial charge in [-0.3, -0.25) is 16.0 Å². The van der Waals surface area contributed by atoms with Crippen LogP contribution in [0.3, 0.4) is 0 Å². The van der Waals surface area contributed by atoms with E-state index in [2.05, 4.69) is 41.7 Å². The van der Waals surface area contributed by atoms with Crippen LogP contribution < -0.4 is 20.9 Å². The Morgan fingerprint density at radius 1 is 0.917 bits per heavy atom. The molecular formula is C7H22N4Si. The molecule has 0 rings (SSSR count). The monoisotopic (exact) mass is 190 g/mol. The van der Waals surface area contributed by atoms with Gasteiger partial charge in [-0.25, -0.2) is 0 Å². The van der Waals surface area contributed by atoms with Gasteiger partial charge in [0.05, 0.1) is 10.4 Å². The maximum absolute atomic E-state index is 3.35. The van der Waals surface area contributed by atoms with Crippen LogP contribution in [0.25, 0.3) is 0 Å². The average molecular weight is 190 g/mol. The van der Waals surface area contributed by atoms with E-state index in [0.717, 1.165) is 30.0 Å². The summed E-state index contributed by atoms with van der Waals surface area (Å²) < 4.78 is 0. The molecule has 0 aliphatic rings. The smallest absolute Gasteiger partial charge is 0.174 e. The van der Waals surface area contributed by atoms with E-state index in [1.807, 2.05) is 0 Å². The highest BCUT2D eigenvalue weighted by Crippen LogP contribution is 1.86. The molecule has 0 fully saturated rings. The van der Waals surface area contributed by atoms with Crippen LogP contribution in [-0.4, -0.2) is 35.9 Å². The van der Waals surface area contributed by atoms with Gasteiger partial charge < -0.3 is 4.98 Å². The number of hydrogen-bond donors (Lipinski definition) is 4. The van der Waals surface area contributed by atoms with Crippen LogP contribution >= 0.6 is 0 Å². The fraction of sp³-hybridized carbons (Fsp3) is 1.00. The van der Waals surface area contributed by atoms with Crippen molar-refractivity contribution in [2.24, 2.45) is 0 Å². The summed E-state index contributed by atoms with van der Waals surface area (Å²) in [5.74, 6) is -0.246. The van der Waals surface area contributed by atoms with Gasteiger partial charge in [-0.15, -0.1) is 0 Å². The summed E-state index contributed by atoms with van der Waals surface area (Å²) in [6.45, 7) is 9.12. The van der Waals surface area contributed by atoms with Gasteiger partial charge in [0.2, 0.25) is 0 Å². The number of nitrogens with one attached hydrogen (secondary N) is 4. The second-order valence-electron chi connectivity index (χ2n) is 2.59. The molecule has 0 heterocycles. The fourth-order valence-corrected chi connectivity index (χ4v) is 1.78. The quantitative estimate of drug-likeness (QED) is 0.285. The molecule has 0 aromatic rings. The van der Waals surface area contributed by atoms with Crippen molar-refractivity contribution in [1.29, 1.82) is 0 Å². The van der Waals surface area contributed by atoms with Crippen molar-refractivity contribution in [3.05, 3.63) is 0 Å². The Labute approximate surface area is 78.4 Å². The lowest BCUT2D eigenvalue weighted by Crippen LogP contribution is -2.74. The van der Waals surface area contributed by atoms with Crippen molar-refractivity contribution < 1.29 is 0 Å². The Morgan fingerprint density at radius 3 is 1.42 bits per heavy atom. The summed E-state index contributed by atoms with van der Waals surface area (Å²) in [7, 11) is 0.951. The maximum Gasteiger partial charge on any atom is 0.174 e. The van der Waals surface area contributed by atoms with Crippen LogP contribution in [0.5, 0.6) is 0 Å². The van der Waals surface area contributed by atoms with E-state index in [1.165, 1.54) is 0 Å². The summed E-state index contributed by atoms with van der Waals surface area (Å²) in [6.07, 6.45) is 0. The third-order valence-corrected chi connectivity index (χ3v) is 2.45. The van der Waals surface area contributed by atoms with Crippen LogP contribution in [0, 0.1) is 0 Å². The average Bonchev–Trinajstić information content (AvgIpc) is 2.06. The minimum absolute atomic E-state index is 0.246. The summed E-state index contributed by atoms with van der Waals surface area (Å²) in [5.41, 5.74) is 0. The molecule has 0 spiro atoms. The van der Waals surface area contributed by atoms with E-state index in [9.17, 15) is 0 Å². The minimum atomic E-state index is -0.246. The van der Waals surface area contributed by atoms with Crippen molar-refractivity contribution >= 4 is 10.4 Å². The first kappa shape index (κ1) is 12.1. The van der Waals surface area contributed by atoms with Gasteiger partial charge in [0.15, 0.2) is 5.91 Å². The molecule has 0 atom stereocenters. The van der Waals surface area contributed by atoms with Gasteiger partial charge in [-0.2, -0.15) is 0 Å². The highest BCUT2D eigenvalue weighted by molar-refractivity contribution is 6.04. The Morgan fingerprint density at radius 2 is 1.25 bits per heavy atom. The zero-order valence-electron chi connectivity index (χ0n) is 8.62. The molecule has 4 nitrogen and oxygen atoms in total. The first-order chi connectivity index (χ1) is 5.74. The Kier molecular flexibility index (Phi) is 6.59. The van der Waals surface area contributed by atoms with E-state index < -0.39 is 0 Å². The zero-order valence-corrected chi connectivity index (χ0v) is 10.6. The Bertz CT molecular complexity index is 92.6. The molecule has 5 heteroatoms. The second-order valence-corrected chi connectivity index (χ2v) is 3.09. The maximum atomic E-state index is 3.35. The van der Waals surface area contributed by atoms with Gasteiger partial charge in [0.1, 0.15) is 0 Å². The van der Waals surface area contributed by atoms with Gasteiger partial charge in [0, 0.05) is 0 Å². The Hall–Kier alpha value is 0.0569. The van der Waals surface area contributed by atoms with Crippen molar-refractivity contribution in [2.75, 3.05) is 19.6 Å². The molecule has 0 aliphatic carbocycles. The van der Waals surface area contributed by atoms with Crippen molar-refractivity contribution in [1.82, 2.24) is 20.9 Å². The van der Waals surface area contributed by atoms with Crippen molar-refractivity contribution in [2.45, 2.75) is 26.7 Å². The number of hydrogen-bond acceptors (Lipinski definition) is 4. The van der Waals surface area contributed by atoms with Crippen LogP contribution in [0.4, 0.5) is 0 Å². The van der Waals surface area contributed by atoms with Crippen molar-refractivity contribution in [3.63, 3.8) is 0 Å². The number of rotatable bonds is 7. The van der Waals surface area contributed by atoms with E-state index in [-0.39, 0.29) is 5.91 Å². The van der Waals surface area contributed by atoms with E-state index in [4.69, 9.17) is 0 Å². The third kappa shape index (κ3) is 3.64. The third-order valence-electron chi connectivity index (χ3n) is 1.70. The molecule has 74 valence electrons. The summed E-state index contributed by atoms with van der Waals surface area (Å²) in [6, 6.07) is 0. The van der Waals surface area contributed by atoms with E-state index in [0.29, 0.717) is 0 Å². The predicted molar refractivity (Wildman–Crippen MR) is 56.8 cm³/mol.